The van der Waals surface area contributed by atoms with Gasteiger partial charge in [-0.3, -0.25) is 4.79 Å². The number of ether oxygens (including phenoxy) is 2. The third-order valence-corrected chi connectivity index (χ3v) is 4.25. The lowest BCUT2D eigenvalue weighted by Gasteiger charge is -2.17. The van der Waals surface area contributed by atoms with Crippen LogP contribution in [0, 0.1) is 11.2 Å². The zero-order valence-corrected chi connectivity index (χ0v) is 18.2. The Morgan fingerprint density at radius 3 is 2.61 bits per heavy atom. The number of carbonyl (C=O) groups is 1. The monoisotopic (exact) mass is 426 g/mol. The predicted molar refractivity (Wildman–Crippen MR) is 117 cm³/mol. The van der Waals surface area contributed by atoms with Gasteiger partial charge in [0.2, 0.25) is 5.91 Å². The van der Waals surface area contributed by atoms with E-state index in [1.54, 1.807) is 36.1 Å². The first-order valence-corrected chi connectivity index (χ1v) is 10.0. The molecule has 8 heteroatoms. The summed E-state index contributed by atoms with van der Waals surface area (Å²) in [6.07, 6.45) is 0.395. The van der Waals surface area contributed by atoms with Crippen LogP contribution in [-0.4, -0.2) is 41.0 Å². The van der Waals surface area contributed by atoms with Crippen LogP contribution in [0.1, 0.15) is 27.2 Å². The minimum atomic E-state index is -0.378. The van der Waals surface area contributed by atoms with Crippen molar-refractivity contribution >= 4 is 11.6 Å². The molecule has 3 rings (SSSR count). The number of benzene rings is 2. The van der Waals surface area contributed by atoms with Crippen molar-refractivity contribution in [2.24, 2.45) is 5.41 Å². The van der Waals surface area contributed by atoms with E-state index in [4.69, 9.17) is 9.47 Å². The number of aromatic nitrogens is 3. The fraction of sp³-hybridized carbons (Fsp3) is 0.348. The highest BCUT2D eigenvalue weighted by molar-refractivity contribution is 5.91. The number of halogens is 1. The largest absolute Gasteiger partial charge is 0.460 e. The minimum Gasteiger partial charge on any atom is -0.460 e. The van der Waals surface area contributed by atoms with Crippen LogP contribution in [0.25, 0.3) is 17.1 Å². The lowest BCUT2D eigenvalue weighted by molar-refractivity contribution is -0.117. The lowest BCUT2D eigenvalue weighted by Crippen LogP contribution is -2.19. The molecule has 0 aliphatic carbocycles. The van der Waals surface area contributed by atoms with Gasteiger partial charge in [0.05, 0.1) is 12.3 Å². The number of hydrogen-bond acceptors (Lipinski definition) is 5. The second-order valence-corrected chi connectivity index (χ2v) is 8.32. The Morgan fingerprint density at radius 1 is 1.13 bits per heavy atom. The number of methoxy groups -OCH3 is 1. The first kappa shape index (κ1) is 22.4. The van der Waals surface area contributed by atoms with Crippen molar-refractivity contribution in [3.05, 3.63) is 54.3 Å². The number of nitrogens with one attached hydrogen (secondary N) is 1. The normalized spacial score (nSPS) is 11.4. The maximum Gasteiger partial charge on any atom is 0.336 e. The number of nitrogens with zero attached hydrogens (tertiary/aromatic N) is 3. The summed E-state index contributed by atoms with van der Waals surface area (Å²) in [6, 6.07) is 13.5. The molecule has 2 aromatic carbocycles. The van der Waals surface area contributed by atoms with Gasteiger partial charge in [-0.15, -0.1) is 5.10 Å². The summed E-state index contributed by atoms with van der Waals surface area (Å²) in [6.45, 7) is 6.70. The number of hydrogen-bond donors (Lipinski definition) is 1. The first-order valence-electron chi connectivity index (χ1n) is 10.0. The van der Waals surface area contributed by atoms with Gasteiger partial charge in [-0.1, -0.05) is 39.0 Å². The third kappa shape index (κ3) is 6.36. The Balaban J connectivity index is 1.94. The van der Waals surface area contributed by atoms with Crippen LogP contribution in [0.5, 0.6) is 6.01 Å². The zero-order chi connectivity index (χ0) is 22.4. The topological polar surface area (TPSA) is 78.3 Å². The number of rotatable bonds is 8. The molecule has 0 atom stereocenters. The Kier molecular flexibility index (Phi) is 7.02. The van der Waals surface area contributed by atoms with Crippen molar-refractivity contribution in [1.82, 2.24) is 14.8 Å². The van der Waals surface area contributed by atoms with Gasteiger partial charge >= 0.3 is 6.01 Å². The molecule has 0 aliphatic heterocycles. The van der Waals surface area contributed by atoms with Gasteiger partial charge in [-0.25, -0.2) is 9.07 Å². The molecule has 1 amide bonds. The summed E-state index contributed by atoms with van der Waals surface area (Å²) >= 11 is 0. The summed E-state index contributed by atoms with van der Waals surface area (Å²) in [5, 5.41) is 7.35. The molecule has 0 saturated heterocycles. The van der Waals surface area contributed by atoms with Gasteiger partial charge in [-0.05, 0) is 35.7 Å². The highest BCUT2D eigenvalue weighted by Crippen LogP contribution is 2.26. The van der Waals surface area contributed by atoms with Crippen LogP contribution >= 0.6 is 0 Å². The molecule has 1 heterocycles. The summed E-state index contributed by atoms with van der Waals surface area (Å²) in [7, 11) is 1.58. The summed E-state index contributed by atoms with van der Waals surface area (Å²) in [4.78, 5) is 16.8. The van der Waals surface area contributed by atoms with Crippen molar-refractivity contribution in [3.63, 3.8) is 0 Å². The Bertz CT molecular complexity index is 1040. The minimum absolute atomic E-state index is 0.0721. The quantitative estimate of drug-likeness (QED) is 0.538. The SMILES string of the molecule is COCCOc1nc(-c2cccc(F)c2)n(-c2cccc(NC(=O)CC(C)(C)C)c2)n1. The first-order chi connectivity index (χ1) is 14.7. The smallest absolute Gasteiger partial charge is 0.336 e. The lowest BCUT2D eigenvalue weighted by atomic mass is 9.92. The fourth-order valence-electron chi connectivity index (χ4n) is 2.97. The van der Waals surface area contributed by atoms with Crippen LogP contribution in [-0.2, 0) is 9.53 Å². The maximum atomic E-state index is 13.8. The highest BCUT2D eigenvalue weighted by atomic mass is 19.1. The molecule has 0 bridgehead atoms. The van der Waals surface area contributed by atoms with Gasteiger partial charge in [0.25, 0.3) is 0 Å². The van der Waals surface area contributed by atoms with Gasteiger partial charge in [-0.2, -0.15) is 4.98 Å². The van der Waals surface area contributed by atoms with Crippen LogP contribution in [0.2, 0.25) is 0 Å². The number of amides is 1. The van der Waals surface area contributed by atoms with Crippen LogP contribution in [0.4, 0.5) is 10.1 Å². The standard InChI is InChI=1S/C23H27FN4O3/c1-23(2,3)15-20(29)25-18-9-6-10-19(14-18)28-21(16-7-5-8-17(24)13-16)26-22(27-28)31-12-11-30-4/h5-10,13-14H,11-12,15H2,1-4H3,(H,25,29). The number of carbonyl (C=O) groups excluding carboxylic acids is 1. The maximum absolute atomic E-state index is 13.8. The molecule has 0 radical (unpaired) electrons. The molecule has 0 aliphatic rings. The van der Waals surface area contributed by atoms with Gasteiger partial charge in [0.15, 0.2) is 5.82 Å². The van der Waals surface area contributed by atoms with E-state index in [2.05, 4.69) is 15.4 Å². The van der Waals surface area contributed by atoms with E-state index >= 15 is 0 Å². The molecule has 0 spiro atoms. The van der Waals surface area contributed by atoms with Gasteiger partial charge < -0.3 is 14.8 Å². The van der Waals surface area contributed by atoms with Crippen LogP contribution < -0.4 is 10.1 Å². The highest BCUT2D eigenvalue weighted by Gasteiger charge is 2.18. The Hall–Kier alpha value is -3.26. The van der Waals surface area contributed by atoms with E-state index in [0.717, 1.165) is 0 Å². The van der Waals surface area contributed by atoms with E-state index in [9.17, 15) is 9.18 Å². The average Bonchev–Trinajstić information content (AvgIpc) is 3.11. The number of anilines is 1. The molecule has 1 N–H and O–H groups in total. The van der Waals surface area contributed by atoms with E-state index in [-0.39, 0.29) is 29.8 Å². The van der Waals surface area contributed by atoms with E-state index < -0.39 is 0 Å². The second-order valence-electron chi connectivity index (χ2n) is 8.32. The zero-order valence-electron chi connectivity index (χ0n) is 18.2. The third-order valence-electron chi connectivity index (χ3n) is 4.25. The van der Waals surface area contributed by atoms with Crippen LogP contribution in [0.15, 0.2) is 48.5 Å². The van der Waals surface area contributed by atoms with Crippen molar-refractivity contribution in [3.8, 4) is 23.1 Å². The second kappa shape index (κ2) is 9.70. The molecule has 0 unspecified atom stereocenters. The van der Waals surface area contributed by atoms with Gasteiger partial charge in [0, 0.05) is 24.8 Å². The molecule has 0 fully saturated rings. The molecule has 31 heavy (non-hydrogen) atoms. The predicted octanol–water partition coefficient (Wildman–Crippen LogP) is 4.47. The van der Waals surface area contributed by atoms with Gasteiger partial charge in [0.1, 0.15) is 12.4 Å². The molecular weight excluding hydrogens is 399 g/mol. The average molecular weight is 426 g/mol. The molecule has 1 aromatic heterocycles. The van der Waals surface area contributed by atoms with Crippen LogP contribution in [0.3, 0.4) is 0 Å². The molecule has 164 valence electrons. The summed E-state index contributed by atoms with van der Waals surface area (Å²) in [5.41, 5.74) is 1.72. The van der Waals surface area contributed by atoms with E-state index in [1.807, 2.05) is 32.9 Å². The fourth-order valence-corrected chi connectivity index (χ4v) is 2.97. The summed E-state index contributed by atoms with van der Waals surface area (Å²) < 4.78 is 26.0. The van der Waals surface area contributed by atoms with E-state index in [0.29, 0.717) is 35.8 Å². The Morgan fingerprint density at radius 2 is 1.90 bits per heavy atom. The van der Waals surface area contributed by atoms with E-state index in [1.165, 1.54) is 12.1 Å². The molecule has 7 nitrogen and oxygen atoms in total. The molecule has 3 aromatic rings. The van der Waals surface area contributed by atoms with Crippen molar-refractivity contribution in [2.45, 2.75) is 27.2 Å². The summed E-state index contributed by atoms with van der Waals surface area (Å²) in [5.74, 6) is -0.0284. The molecule has 0 saturated carbocycles. The Labute approximate surface area is 181 Å². The molecular formula is C23H27FN4O3. The van der Waals surface area contributed by atoms with Crippen molar-refractivity contribution < 1.29 is 18.7 Å². The van der Waals surface area contributed by atoms with Crippen molar-refractivity contribution in [2.75, 3.05) is 25.6 Å². The van der Waals surface area contributed by atoms with Crippen molar-refractivity contribution in [1.29, 1.82) is 0 Å².